The number of carbonyl (C=O) groups is 4. The van der Waals surface area contributed by atoms with E-state index in [4.69, 9.17) is 18.7 Å². The number of rotatable bonds is 11. The summed E-state index contributed by atoms with van der Waals surface area (Å²) in [5.41, 5.74) is -3.32. The van der Waals surface area contributed by atoms with E-state index in [1.54, 1.807) is 73.0 Å². The molecular weight excluding hydrogens is 721 g/mol. The van der Waals surface area contributed by atoms with Crippen molar-refractivity contribution in [1.29, 1.82) is 0 Å². The number of carbonyl (C=O) groups excluding carboxylic acids is 4. The zero-order valence-electron chi connectivity index (χ0n) is 31.9. The number of ether oxygens (including phenoxy) is 3. The van der Waals surface area contributed by atoms with Gasteiger partial charge in [0.2, 0.25) is 17.7 Å². The molecule has 54 heavy (non-hydrogen) atoms. The number of sulfonamides is 1. The number of nitrogens with zero attached hydrogens (tertiary/aromatic N) is 3. The smallest absolute Gasteiger partial charge is 0.408 e. The molecule has 1 saturated carbocycles. The standard InChI is InChI=1S/C37H48N6O10S/c1-11-23-18-37(23,33(46)42-54(48,49)28-20(2)41-53-21(28)3)40-30(44)27-17-25(51-31-26-13-12-24(50-10)16-22(26)14-15-38-31)19-43(27)32(45)29(35(4,5)6)39-34(47)52-36(7,8)9/h11-16,23,25,27,29H,1,17-19H2,2-10H3,(H,39,47)(H,40,44)(H,42,46)/t23-,25?,27+,29-,37-/m1/s1. The van der Waals surface area contributed by atoms with Crippen LogP contribution < -0.4 is 24.8 Å². The van der Waals surface area contributed by atoms with Gasteiger partial charge in [-0.05, 0) is 76.1 Å². The third kappa shape index (κ3) is 8.30. The fourth-order valence-electron chi connectivity index (χ4n) is 6.58. The number of fused-ring (bicyclic) bond motifs is 1. The fraction of sp³-hybridized carbons (Fsp3) is 0.514. The highest BCUT2D eigenvalue weighted by Crippen LogP contribution is 2.45. The second kappa shape index (κ2) is 14.6. The van der Waals surface area contributed by atoms with Crippen molar-refractivity contribution in [2.24, 2.45) is 11.3 Å². The number of benzene rings is 1. The molecule has 5 rings (SSSR count). The summed E-state index contributed by atoms with van der Waals surface area (Å²) in [6.45, 7) is 16.9. The maximum atomic E-state index is 14.5. The number of likely N-dealkylation sites (tertiary alicyclic amines) is 1. The fourth-order valence-corrected chi connectivity index (χ4v) is 7.95. The highest BCUT2D eigenvalue weighted by Gasteiger charge is 2.62. The van der Waals surface area contributed by atoms with E-state index in [1.807, 2.05) is 6.07 Å². The van der Waals surface area contributed by atoms with Gasteiger partial charge in [0.25, 0.3) is 15.9 Å². The van der Waals surface area contributed by atoms with Gasteiger partial charge in [0.05, 0.1) is 13.7 Å². The van der Waals surface area contributed by atoms with Gasteiger partial charge in [0, 0.05) is 23.9 Å². The van der Waals surface area contributed by atoms with Gasteiger partial charge < -0.3 is 34.3 Å². The van der Waals surface area contributed by atoms with Crippen molar-refractivity contribution < 1.29 is 46.3 Å². The normalized spacial score (nSPS) is 21.9. The Bertz CT molecular complexity index is 2070. The molecule has 292 valence electrons. The highest BCUT2D eigenvalue weighted by molar-refractivity contribution is 7.90. The lowest BCUT2D eigenvalue weighted by molar-refractivity contribution is -0.143. The number of alkyl carbamates (subject to hydrolysis) is 1. The van der Waals surface area contributed by atoms with E-state index in [0.29, 0.717) is 11.1 Å². The average molecular weight is 769 g/mol. The van der Waals surface area contributed by atoms with Crippen LogP contribution in [0.2, 0.25) is 0 Å². The van der Waals surface area contributed by atoms with E-state index < -0.39 is 74.5 Å². The third-order valence-corrected chi connectivity index (χ3v) is 10.9. The van der Waals surface area contributed by atoms with Crippen molar-refractivity contribution in [3.05, 3.63) is 54.6 Å². The molecule has 1 aliphatic carbocycles. The molecule has 3 heterocycles. The number of methoxy groups -OCH3 is 1. The van der Waals surface area contributed by atoms with Crippen molar-refractivity contribution in [3.63, 3.8) is 0 Å². The molecule has 2 aliphatic rings. The van der Waals surface area contributed by atoms with Crippen LogP contribution in [0.4, 0.5) is 4.79 Å². The van der Waals surface area contributed by atoms with E-state index in [9.17, 15) is 27.6 Å². The lowest BCUT2D eigenvalue weighted by Gasteiger charge is -2.36. The largest absolute Gasteiger partial charge is 0.497 e. The van der Waals surface area contributed by atoms with E-state index >= 15 is 0 Å². The second-order valence-corrected chi connectivity index (χ2v) is 17.3. The summed E-state index contributed by atoms with van der Waals surface area (Å²) >= 11 is 0. The maximum absolute atomic E-state index is 14.5. The Labute approximate surface area is 314 Å². The first-order chi connectivity index (χ1) is 25.1. The highest BCUT2D eigenvalue weighted by atomic mass is 32.2. The summed E-state index contributed by atoms with van der Waals surface area (Å²) in [5, 5.41) is 10.6. The Morgan fingerprint density at radius 2 is 1.81 bits per heavy atom. The number of amides is 4. The predicted octanol–water partition coefficient (Wildman–Crippen LogP) is 3.70. The van der Waals surface area contributed by atoms with Crippen LogP contribution in [0.15, 0.2) is 52.5 Å². The van der Waals surface area contributed by atoms with E-state index in [1.165, 1.54) is 24.8 Å². The number of aromatic nitrogens is 2. The Morgan fingerprint density at radius 3 is 2.39 bits per heavy atom. The zero-order chi connectivity index (χ0) is 40.0. The number of hydrogen-bond donors (Lipinski definition) is 3. The Morgan fingerprint density at radius 1 is 1.11 bits per heavy atom. The van der Waals surface area contributed by atoms with Gasteiger partial charge in [-0.25, -0.2) is 22.9 Å². The lowest BCUT2D eigenvalue weighted by atomic mass is 9.85. The van der Waals surface area contributed by atoms with Crippen LogP contribution >= 0.6 is 0 Å². The van der Waals surface area contributed by atoms with Crippen molar-refractivity contribution in [1.82, 2.24) is 30.4 Å². The minimum absolute atomic E-state index is 0.0127. The van der Waals surface area contributed by atoms with Gasteiger partial charge in [-0.2, -0.15) is 0 Å². The number of pyridine rings is 1. The van der Waals surface area contributed by atoms with Crippen LogP contribution in [0, 0.1) is 25.2 Å². The first-order valence-electron chi connectivity index (χ1n) is 17.4. The molecule has 3 aromatic rings. The van der Waals surface area contributed by atoms with E-state index in [0.717, 1.165) is 5.39 Å². The predicted molar refractivity (Wildman–Crippen MR) is 196 cm³/mol. The second-order valence-electron chi connectivity index (χ2n) is 15.7. The summed E-state index contributed by atoms with van der Waals surface area (Å²) in [5.74, 6) is -2.04. The zero-order valence-corrected chi connectivity index (χ0v) is 32.8. The third-order valence-electron chi connectivity index (χ3n) is 9.35. The van der Waals surface area contributed by atoms with Crippen LogP contribution in [-0.4, -0.2) is 90.3 Å². The van der Waals surface area contributed by atoms with Gasteiger partial charge in [0.1, 0.15) is 40.8 Å². The molecule has 5 atom stereocenters. The number of aryl methyl sites for hydroxylation is 2. The molecule has 17 heteroatoms. The summed E-state index contributed by atoms with van der Waals surface area (Å²) in [6, 6.07) is 4.81. The monoisotopic (exact) mass is 768 g/mol. The Balaban J connectivity index is 1.46. The molecule has 0 spiro atoms. The Hall–Kier alpha value is -5.19. The molecule has 0 bridgehead atoms. The molecule has 4 amide bonds. The molecule has 0 radical (unpaired) electrons. The van der Waals surface area contributed by atoms with Gasteiger partial charge in [-0.15, -0.1) is 6.58 Å². The molecule has 3 N–H and O–H groups in total. The van der Waals surface area contributed by atoms with Crippen LogP contribution in [0.3, 0.4) is 0 Å². The van der Waals surface area contributed by atoms with Gasteiger partial charge in [-0.1, -0.05) is 32.0 Å². The van der Waals surface area contributed by atoms with Crippen molar-refractivity contribution in [3.8, 4) is 11.6 Å². The molecule has 16 nitrogen and oxygen atoms in total. The average Bonchev–Trinajstić information content (AvgIpc) is 3.43. The van der Waals surface area contributed by atoms with Crippen LogP contribution in [-0.2, 0) is 29.1 Å². The molecule has 1 unspecified atom stereocenters. The summed E-state index contributed by atoms with van der Waals surface area (Å²) in [6.07, 6.45) is 1.48. The van der Waals surface area contributed by atoms with Gasteiger partial charge >= 0.3 is 6.09 Å². The van der Waals surface area contributed by atoms with Gasteiger partial charge in [-0.3, -0.25) is 14.4 Å². The molecule has 1 aromatic carbocycles. The number of hydrogen-bond acceptors (Lipinski definition) is 12. The molecule has 2 fully saturated rings. The van der Waals surface area contributed by atoms with E-state index in [-0.39, 0.29) is 41.6 Å². The van der Waals surface area contributed by atoms with Crippen molar-refractivity contribution in [2.75, 3.05) is 13.7 Å². The molecule has 1 saturated heterocycles. The Kier molecular flexibility index (Phi) is 10.8. The first-order valence-corrected chi connectivity index (χ1v) is 18.9. The van der Waals surface area contributed by atoms with Crippen LogP contribution in [0.5, 0.6) is 11.6 Å². The molecule has 2 aromatic heterocycles. The minimum atomic E-state index is -4.44. The lowest BCUT2D eigenvalue weighted by Crippen LogP contribution is -2.60. The number of nitrogens with one attached hydrogen (secondary N) is 3. The van der Waals surface area contributed by atoms with Gasteiger partial charge in [0.15, 0.2) is 10.7 Å². The minimum Gasteiger partial charge on any atom is -0.497 e. The van der Waals surface area contributed by atoms with Crippen molar-refractivity contribution in [2.45, 2.75) is 102 Å². The molecular formula is C37H48N6O10S. The molecule has 1 aliphatic heterocycles. The van der Waals surface area contributed by atoms with Crippen LogP contribution in [0.1, 0.15) is 65.8 Å². The summed E-state index contributed by atoms with van der Waals surface area (Å²) in [4.78, 5) is 61.0. The maximum Gasteiger partial charge on any atom is 0.408 e. The summed E-state index contributed by atoms with van der Waals surface area (Å²) in [7, 11) is -2.88. The first kappa shape index (κ1) is 40.0. The quantitative estimate of drug-likeness (QED) is 0.239. The van der Waals surface area contributed by atoms with E-state index in [2.05, 4.69) is 32.1 Å². The topological polar surface area (TPSA) is 208 Å². The SMILES string of the molecule is C=C[C@@H]1C[C@]1(NC(=O)[C@@H]1CC(Oc2nccc3cc(OC)ccc23)CN1C(=O)[C@@H](NC(=O)OC(C)(C)C)C(C)(C)C)C(=O)NS(=O)(=O)c1c(C)noc1C. The van der Waals surface area contributed by atoms with Crippen LogP contribution in [0.25, 0.3) is 10.8 Å². The van der Waals surface area contributed by atoms with Crippen molar-refractivity contribution >= 4 is 44.6 Å². The summed E-state index contributed by atoms with van der Waals surface area (Å²) < 4.78 is 50.8.